The Bertz CT molecular complexity index is 631. The summed E-state index contributed by atoms with van der Waals surface area (Å²) < 4.78 is 0. The SMILES string of the molecule is Cc1cccc(CSc2cccc3c2CCC3=O)c1. The van der Waals surface area contributed by atoms with Crippen molar-refractivity contribution in [3.8, 4) is 0 Å². The lowest BCUT2D eigenvalue weighted by Gasteiger charge is -2.07. The van der Waals surface area contributed by atoms with Gasteiger partial charge in [-0.1, -0.05) is 42.0 Å². The Labute approximate surface area is 118 Å². The highest BCUT2D eigenvalue weighted by Crippen LogP contribution is 2.33. The minimum Gasteiger partial charge on any atom is -0.294 e. The van der Waals surface area contributed by atoms with E-state index in [1.807, 2.05) is 23.9 Å². The molecule has 0 saturated carbocycles. The van der Waals surface area contributed by atoms with Crippen LogP contribution in [0.25, 0.3) is 0 Å². The Morgan fingerprint density at radius 2 is 1.95 bits per heavy atom. The lowest BCUT2D eigenvalue weighted by atomic mass is 10.1. The van der Waals surface area contributed by atoms with Gasteiger partial charge in [0.25, 0.3) is 0 Å². The normalized spacial score (nSPS) is 13.6. The van der Waals surface area contributed by atoms with Crippen molar-refractivity contribution in [3.05, 3.63) is 64.7 Å². The summed E-state index contributed by atoms with van der Waals surface area (Å²) >= 11 is 1.84. The van der Waals surface area contributed by atoms with E-state index in [0.29, 0.717) is 12.2 Å². The summed E-state index contributed by atoms with van der Waals surface area (Å²) in [6, 6.07) is 14.7. The first-order chi connectivity index (χ1) is 9.24. The number of rotatable bonds is 3. The molecule has 3 rings (SSSR count). The highest BCUT2D eigenvalue weighted by atomic mass is 32.2. The zero-order valence-electron chi connectivity index (χ0n) is 11.0. The van der Waals surface area contributed by atoms with E-state index in [9.17, 15) is 4.79 Å². The maximum Gasteiger partial charge on any atom is 0.163 e. The number of aryl methyl sites for hydroxylation is 1. The molecule has 0 saturated heterocycles. The van der Waals surface area contributed by atoms with Gasteiger partial charge >= 0.3 is 0 Å². The molecule has 0 radical (unpaired) electrons. The lowest BCUT2D eigenvalue weighted by molar-refractivity contribution is 0.0994. The van der Waals surface area contributed by atoms with Gasteiger partial charge in [0, 0.05) is 22.6 Å². The Balaban J connectivity index is 1.80. The van der Waals surface area contributed by atoms with E-state index in [4.69, 9.17) is 0 Å². The molecule has 0 aliphatic heterocycles. The molecule has 2 aromatic rings. The third-order valence-corrected chi connectivity index (χ3v) is 4.68. The summed E-state index contributed by atoms with van der Waals surface area (Å²) in [5.74, 6) is 1.26. The first kappa shape index (κ1) is 12.5. The third kappa shape index (κ3) is 2.59. The standard InChI is InChI=1S/C17H16OS/c1-12-4-2-5-13(10-12)11-19-17-7-3-6-14-15(17)8-9-16(14)18/h2-7,10H,8-9,11H2,1H3. The quantitative estimate of drug-likeness (QED) is 0.767. The molecule has 2 heteroatoms. The molecule has 0 fully saturated rings. The summed E-state index contributed by atoms with van der Waals surface area (Å²) in [5, 5.41) is 0. The van der Waals surface area contributed by atoms with Crippen molar-refractivity contribution in [3.63, 3.8) is 0 Å². The second-order valence-corrected chi connectivity index (χ2v) is 6.00. The van der Waals surface area contributed by atoms with E-state index in [0.717, 1.165) is 17.7 Å². The minimum atomic E-state index is 0.299. The van der Waals surface area contributed by atoms with Gasteiger partial charge < -0.3 is 0 Å². The molecule has 0 bridgehead atoms. The lowest BCUT2D eigenvalue weighted by Crippen LogP contribution is -1.91. The van der Waals surface area contributed by atoms with E-state index in [2.05, 4.69) is 37.3 Å². The monoisotopic (exact) mass is 268 g/mol. The number of thioether (sulfide) groups is 1. The summed E-state index contributed by atoms with van der Waals surface area (Å²) in [6.45, 7) is 2.12. The van der Waals surface area contributed by atoms with Crippen molar-refractivity contribution in [2.75, 3.05) is 0 Å². The largest absolute Gasteiger partial charge is 0.294 e. The van der Waals surface area contributed by atoms with Gasteiger partial charge in [0.15, 0.2) is 5.78 Å². The molecule has 0 N–H and O–H groups in total. The highest BCUT2D eigenvalue weighted by Gasteiger charge is 2.21. The van der Waals surface area contributed by atoms with E-state index in [1.54, 1.807) is 0 Å². The molecule has 19 heavy (non-hydrogen) atoms. The first-order valence-corrected chi connectivity index (χ1v) is 7.56. The van der Waals surface area contributed by atoms with Crippen LogP contribution in [0, 0.1) is 6.92 Å². The molecule has 1 aliphatic rings. The molecular weight excluding hydrogens is 252 g/mol. The minimum absolute atomic E-state index is 0.299. The van der Waals surface area contributed by atoms with Crippen molar-refractivity contribution in [1.82, 2.24) is 0 Å². The Morgan fingerprint density at radius 3 is 2.79 bits per heavy atom. The van der Waals surface area contributed by atoms with Gasteiger partial charge in [-0.2, -0.15) is 0 Å². The fourth-order valence-corrected chi connectivity index (χ4v) is 3.62. The van der Waals surface area contributed by atoms with E-state index < -0.39 is 0 Å². The molecule has 0 unspecified atom stereocenters. The zero-order chi connectivity index (χ0) is 13.2. The Hall–Kier alpha value is -1.54. The van der Waals surface area contributed by atoms with Crippen LogP contribution in [0.15, 0.2) is 47.4 Å². The van der Waals surface area contributed by atoms with Gasteiger partial charge in [0.05, 0.1) is 0 Å². The van der Waals surface area contributed by atoms with Gasteiger partial charge in [-0.15, -0.1) is 11.8 Å². The number of Topliss-reactive ketones (excluding diaryl/α,β-unsaturated/α-hetero) is 1. The Kier molecular flexibility index (Phi) is 3.43. The summed E-state index contributed by atoms with van der Waals surface area (Å²) in [5.41, 5.74) is 4.83. The van der Waals surface area contributed by atoms with Gasteiger partial charge in [-0.05, 0) is 30.5 Å². The van der Waals surface area contributed by atoms with Crippen LogP contribution in [0.1, 0.15) is 33.5 Å². The van der Waals surface area contributed by atoms with E-state index in [1.165, 1.54) is 21.6 Å². The predicted molar refractivity (Wildman–Crippen MR) is 79.8 cm³/mol. The second-order valence-electron chi connectivity index (χ2n) is 4.98. The highest BCUT2D eigenvalue weighted by molar-refractivity contribution is 7.98. The second kappa shape index (κ2) is 5.22. The third-order valence-electron chi connectivity index (χ3n) is 3.51. The predicted octanol–water partition coefficient (Wildman–Crippen LogP) is 4.42. The molecule has 0 aromatic heterocycles. The number of carbonyl (C=O) groups is 1. The van der Waals surface area contributed by atoms with Crippen LogP contribution in [-0.2, 0) is 12.2 Å². The fourth-order valence-electron chi connectivity index (χ4n) is 2.56. The average Bonchev–Trinajstić information content (AvgIpc) is 2.79. The van der Waals surface area contributed by atoms with Crippen LogP contribution in [0.5, 0.6) is 0 Å². The maximum absolute atomic E-state index is 11.7. The van der Waals surface area contributed by atoms with Crippen LogP contribution < -0.4 is 0 Å². The number of fused-ring (bicyclic) bond motifs is 1. The summed E-state index contributed by atoms with van der Waals surface area (Å²) in [7, 11) is 0. The smallest absolute Gasteiger partial charge is 0.163 e. The van der Waals surface area contributed by atoms with Crippen molar-refractivity contribution in [1.29, 1.82) is 0 Å². The van der Waals surface area contributed by atoms with Crippen LogP contribution >= 0.6 is 11.8 Å². The molecule has 96 valence electrons. The number of hydrogen-bond donors (Lipinski definition) is 0. The van der Waals surface area contributed by atoms with Gasteiger partial charge in [0.1, 0.15) is 0 Å². The number of hydrogen-bond acceptors (Lipinski definition) is 2. The molecule has 0 atom stereocenters. The van der Waals surface area contributed by atoms with Crippen LogP contribution in [-0.4, -0.2) is 5.78 Å². The summed E-state index contributed by atoms with van der Waals surface area (Å²) in [6.07, 6.45) is 1.59. The Morgan fingerprint density at radius 1 is 1.11 bits per heavy atom. The van der Waals surface area contributed by atoms with Crippen LogP contribution in [0.3, 0.4) is 0 Å². The fraction of sp³-hybridized carbons (Fsp3) is 0.235. The number of ketones is 1. The molecule has 1 nitrogen and oxygen atoms in total. The number of carbonyl (C=O) groups excluding carboxylic acids is 1. The first-order valence-electron chi connectivity index (χ1n) is 6.57. The molecule has 1 aliphatic carbocycles. The van der Waals surface area contributed by atoms with Crippen molar-refractivity contribution in [2.45, 2.75) is 30.4 Å². The van der Waals surface area contributed by atoms with E-state index in [-0.39, 0.29) is 0 Å². The van der Waals surface area contributed by atoms with Gasteiger partial charge in [-0.3, -0.25) is 4.79 Å². The molecular formula is C17H16OS. The van der Waals surface area contributed by atoms with Gasteiger partial charge in [-0.25, -0.2) is 0 Å². The van der Waals surface area contributed by atoms with Crippen molar-refractivity contribution < 1.29 is 4.79 Å². The molecule has 2 aromatic carbocycles. The van der Waals surface area contributed by atoms with E-state index >= 15 is 0 Å². The van der Waals surface area contributed by atoms with Crippen molar-refractivity contribution in [2.24, 2.45) is 0 Å². The van der Waals surface area contributed by atoms with Crippen LogP contribution in [0.2, 0.25) is 0 Å². The maximum atomic E-state index is 11.7. The van der Waals surface area contributed by atoms with Crippen molar-refractivity contribution >= 4 is 17.5 Å². The number of benzene rings is 2. The summed E-state index contributed by atoms with van der Waals surface area (Å²) in [4.78, 5) is 13.0. The molecule has 0 spiro atoms. The van der Waals surface area contributed by atoms with Crippen LogP contribution in [0.4, 0.5) is 0 Å². The van der Waals surface area contributed by atoms with Gasteiger partial charge in [0.2, 0.25) is 0 Å². The zero-order valence-corrected chi connectivity index (χ0v) is 11.8. The molecule has 0 heterocycles. The average molecular weight is 268 g/mol. The topological polar surface area (TPSA) is 17.1 Å². The molecule has 0 amide bonds.